The highest BCUT2D eigenvalue weighted by Gasteiger charge is 2.30. The third-order valence-corrected chi connectivity index (χ3v) is 3.01. The van der Waals surface area contributed by atoms with Gasteiger partial charge in [-0.3, -0.25) is 4.79 Å². The van der Waals surface area contributed by atoms with E-state index in [1.807, 2.05) is 0 Å². The lowest BCUT2D eigenvalue weighted by Gasteiger charge is -2.24. The van der Waals surface area contributed by atoms with Crippen LogP contribution < -0.4 is 5.73 Å². The zero-order valence-electron chi connectivity index (χ0n) is 8.68. The van der Waals surface area contributed by atoms with Gasteiger partial charge >= 0.3 is 0 Å². The molecule has 0 unspecified atom stereocenters. The maximum absolute atomic E-state index is 11.2. The molecule has 0 saturated carbocycles. The van der Waals surface area contributed by atoms with Gasteiger partial charge in [-0.05, 0) is 12.8 Å². The van der Waals surface area contributed by atoms with Crippen LogP contribution in [0.3, 0.4) is 0 Å². The van der Waals surface area contributed by atoms with Gasteiger partial charge in [-0.2, -0.15) is 12.6 Å². The first-order valence-electron chi connectivity index (χ1n) is 5.09. The third-order valence-electron chi connectivity index (χ3n) is 2.35. The number of rotatable bonds is 7. The predicted octanol–water partition coefficient (Wildman–Crippen LogP) is 2.52. The summed E-state index contributed by atoms with van der Waals surface area (Å²) in [6.07, 6.45) is 5.83. The second kappa shape index (κ2) is 6.30. The van der Waals surface area contributed by atoms with Crippen molar-refractivity contribution in [3.8, 4) is 0 Å². The maximum Gasteiger partial charge on any atom is 0.233 e. The van der Waals surface area contributed by atoms with Crippen LogP contribution >= 0.6 is 12.6 Å². The molecule has 0 aromatic carbocycles. The fourth-order valence-electron chi connectivity index (χ4n) is 1.31. The van der Waals surface area contributed by atoms with Crippen LogP contribution in [0.4, 0.5) is 0 Å². The van der Waals surface area contributed by atoms with Gasteiger partial charge in [0.05, 0.1) is 4.75 Å². The van der Waals surface area contributed by atoms with Crippen molar-refractivity contribution in [1.82, 2.24) is 0 Å². The fraction of sp³-hybridized carbons (Fsp3) is 0.900. The van der Waals surface area contributed by atoms with E-state index >= 15 is 0 Å². The lowest BCUT2D eigenvalue weighted by Crippen LogP contribution is -2.38. The highest BCUT2D eigenvalue weighted by molar-refractivity contribution is 7.82. The van der Waals surface area contributed by atoms with Crippen LogP contribution in [0, 0.1) is 0 Å². The van der Waals surface area contributed by atoms with E-state index in [1.54, 1.807) is 0 Å². The summed E-state index contributed by atoms with van der Waals surface area (Å²) in [4.78, 5) is 11.2. The second-order valence-corrected chi connectivity index (χ2v) is 4.46. The molecule has 13 heavy (non-hydrogen) atoms. The first-order chi connectivity index (χ1) is 6.06. The van der Waals surface area contributed by atoms with Crippen molar-refractivity contribution in [2.75, 3.05) is 0 Å². The Kier molecular flexibility index (Phi) is 6.21. The van der Waals surface area contributed by atoms with E-state index in [0.717, 1.165) is 38.5 Å². The van der Waals surface area contributed by atoms with Gasteiger partial charge in [-0.15, -0.1) is 0 Å². The van der Waals surface area contributed by atoms with Crippen molar-refractivity contribution in [2.24, 2.45) is 5.73 Å². The molecule has 0 aromatic heterocycles. The smallest absolute Gasteiger partial charge is 0.233 e. The summed E-state index contributed by atoms with van der Waals surface area (Å²) in [7, 11) is 0. The van der Waals surface area contributed by atoms with E-state index in [1.165, 1.54) is 0 Å². The number of carbonyl (C=O) groups excluding carboxylic acids is 1. The van der Waals surface area contributed by atoms with Crippen molar-refractivity contribution in [1.29, 1.82) is 0 Å². The van der Waals surface area contributed by atoms with Crippen LogP contribution in [0.2, 0.25) is 0 Å². The highest BCUT2D eigenvalue weighted by Crippen LogP contribution is 2.27. The molecule has 3 heteroatoms. The minimum Gasteiger partial charge on any atom is -0.368 e. The molecule has 0 heterocycles. The molecular formula is C10H21NOS. The van der Waals surface area contributed by atoms with E-state index in [9.17, 15) is 4.79 Å². The van der Waals surface area contributed by atoms with E-state index < -0.39 is 4.75 Å². The average Bonchev–Trinajstić information content (AvgIpc) is 2.11. The molecule has 0 rings (SSSR count). The monoisotopic (exact) mass is 203 g/mol. The molecule has 0 aliphatic carbocycles. The molecule has 0 aliphatic rings. The topological polar surface area (TPSA) is 43.1 Å². The van der Waals surface area contributed by atoms with Crippen molar-refractivity contribution in [2.45, 2.75) is 57.1 Å². The second-order valence-electron chi connectivity index (χ2n) is 3.60. The molecule has 1 amide bonds. The SMILES string of the molecule is CCCCC(S)(CCCC)C(N)=O. The van der Waals surface area contributed by atoms with E-state index in [-0.39, 0.29) is 5.91 Å². The third kappa shape index (κ3) is 4.55. The average molecular weight is 203 g/mol. The number of hydrogen-bond donors (Lipinski definition) is 2. The number of thiol groups is 1. The van der Waals surface area contributed by atoms with E-state index in [2.05, 4.69) is 26.5 Å². The van der Waals surface area contributed by atoms with Crippen LogP contribution in [-0.4, -0.2) is 10.7 Å². The zero-order valence-corrected chi connectivity index (χ0v) is 9.57. The summed E-state index contributed by atoms with van der Waals surface area (Å²) in [6, 6.07) is 0. The van der Waals surface area contributed by atoms with E-state index in [0.29, 0.717) is 0 Å². The molecular weight excluding hydrogens is 182 g/mol. The fourth-order valence-corrected chi connectivity index (χ4v) is 1.63. The van der Waals surface area contributed by atoms with Gasteiger partial charge in [-0.25, -0.2) is 0 Å². The van der Waals surface area contributed by atoms with Gasteiger partial charge in [0.1, 0.15) is 0 Å². The Morgan fingerprint density at radius 1 is 1.23 bits per heavy atom. The molecule has 0 aliphatic heterocycles. The molecule has 78 valence electrons. The van der Waals surface area contributed by atoms with Crippen LogP contribution in [-0.2, 0) is 4.79 Å². The Labute approximate surface area is 86.7 Å². The Hall–Kier alpha value is -0.180. The Balaban J connectivity index is 4.08. The Bertz CT molecular complexity index is 151. The Morgan fingerprint density at radius 3 is 1.85 bits per heavy atom. The van der Waals surface area contributed by atoms with Crippen LogP contribution in [0.1, 0.15) is 52.4 Å². The summed E-state index contributed by atoms with van der Waals surface area (Å²) >= 11 is 4.41. The van der Waals surface area contributed by atoms with Crippen molar-refractivity contribution < 1.29 is 4.79 Å². The number of amides is 1. The van der Waals surface area contributed by atoms with Crippen LogP contribution in [0.15, 0.2) is 0 Å². The minimum absolute atomic E-state index is 0.266. The standard InChI is InChI=1S/C10H21NOS/c1-3-5-7-10(13,9(11)12)8-6-4-2/h13H,3-8H2,1-2H3,(H2,11,12). The maximum atomic E-state index is 11.2. The molecule has 0 bridgehead atoms. The van der Waals surface area contributed by atoms with Crippen molar-refractivity contribution in [3.05, 3.63) is 0 Å². The van der Waals surface area contributed by atoms with Gasteiger partial charge in [0.25, 0.3) is 0 Å². The van der Waals surface area contributed by atoms with Gasteiger partial charge < -0.3 is 5.73 Å². The molecule has 0 spiro atoms. The molecule has 2 nitrogen and oxygen atoms in total. The Morgan fingerprint density at radius 2 is 1.62 bits per heavy atom. The quantitative estimate of drug-likeness (QED) is 0.613. The summed E-state index contributed by atoms with van der Waals surface area (Å²) in [6.45, 7) is 4.21. The number of primary amides is 1. The molecule has 0 fully saturated rings. The highest BCUT2D eigenvalue weighted by atomic mass is 32.1. The summed E-state index contributed by atoms with van der Waals surface area (Å²) in [5.74, 6) is -0.266. The van der Waals surface area contributed by atoms with Gasteiger partial charge in [0, 0.05) is 0 Å². The summed E-state index contributed by atoms with van der Waals surface area (Å²) in [5.41, 5.74) is 5.34. The summed E-state index contributed by atoms with van der Waals surface area (Å²) < 4.78 is -0.563. The first kappa shape index (κ1) is 12.8. The minimum atomic E-state index is -0.563. The predicted molar refractivity (Wildman–Crippen MR) is 60.0 cm³/mol. The normalized spacial score (nSPS) is 11.6. The summed E-state index contributed by atoms with van der Waals surface area (Å²) in [5, 5.41) is 0. The van der Waals surface area contributed by atoms with Crippen LogP contribution in [0.5, 0.6) is 0 Å². The van der Waals surface area contributed by atoms with Gasteiger partial charge in [-0.1, -0.05) is 39.5 Å². The first-order valence-corrected chi connectivity index (χ1v) is 5.53. The molecule has 0 saturated heterocycles. The van der Waals surface area contributed by atoms with Crippen molar-refractivity contribution >= 4 is 18.5 Å². The molecule has 0 aromatic rings. The lowest BCUT2D eigenvalue weighted by atomic mass is 9.94. The molecule has 2 N–H and O–H groups in total. The number of carbonyl (C=O) groups is 1. The van der Waals surface area contributed by atoms with E-state index in [4.69, 9.17) is 5.73 Å². The van der Waals surface area contributed by atoms with Crippen molar-refractivity contribution in [3.63, 3.8) is 0 Å². The van der Waals surface area contributed by atoms with Crippen LogP contribution in [0.25, 0.3) is 0 Å². The lowest BCUT2D eigenvalue weighted by molar-refractivity contribution is -0.120. The number of unbranched alkanes of at least 4 members (excludes halogenated alkanes) is 2. The van der Waals surface area contributed by atoms with Gasteiger partial charge in [0.15, 0.2) is 0 Å². The zero-order chi connectivity index (χ0) is 10.3. The molecule has 0 radical (unpaired) electrons. The molecule has 0 atom stereocenters. The number of nitrogens with two attached hydrogens (primary N) is 1. The largest absolute Gasteiger partial charge is 0.368 e. The number of hydrogen-bond acceptors (Lipinski definition) is 2. The van der Waals surface area contributed by atoms with Gasteiger partial charge in [0.2, 0.25) is 5.91 Å².